The van der Waals surface area contributed by atoms with E-state index < -0.39 is 12.0 Å². The Kier molecular flexibility index (Phi) is 7.86. The quantitative estimate of drug-likeness (QED) is 0.687. The fourth-order valence-corrected chi connectivity index (χ4v) is 2.78. The summed E-state index contributed by atoms with van der Waals surface area (Å²) in [6.45, 7) is 4.20. The number of methoxy groups -OCH3 is 1. The maximum Gasteiger partial charge on any atom is 0.328 e. The highest BCUT2D eigenvalue weighted by Crippen LogP contribution is 2.18. The molecule has 0 aliphatic heterocycles. The second-order valence-corrected chi connectivity index (χ2v) is 6.83. The van der Waals surface area contributed by atoms with Crippen LogP contribution in [0.15, 0.2) is 54.6 Å². The van der Waals surface area contributed by atoms with Crippen LogP contribution < -0.4 is 10.1 Å². The molecule has 1 atom stereocenters. The smallest absolute Gasteiger partial charge is 0.328 e. The number of hydrogen-bond donors (Lipinski definition) is 1. The standard InChI is InChI=1S/C22H27NO4/c1-16(2)13-19(22(25)27-15-17-9-5-4-6-10-17)23-21(24)14-18-11-7-8-12-20(18)26-3/h4-12,16,19H,13-15H2,1-3H3,(H,23,24)/t19-/m0/s1. The largest absolute Gasteiger partial charge is 0.496 e. The average molecular weight is 369 g/mol. The van der Waals surface area contributed by atoms with Gasteiger partial charge in [0.05, 0.1) is 13.5 Å². The number of nitrogens with one attached hydrogen (secondary N) is 1. The van der Waals surface area contributed by atoms with Gasteiger partial charge >= 0.3 is 5.97 Å². The van der Waals surface area contributed by atoms with E-state index in [1.165, 1.54) is 0 Å². The molecule has 144 valence electrons. The number of esters is 1. The van der Waals surface area contributed by atoms with Crippen LogP contribution in [0.3, 0.4) is 0 Å². The molecule has 0 saturated carbocycles. The minimum atomic E-state index is -0.670. The van der Waals surface area contributed by atoms with Crippen LogP contribution in [0.25, 0.3) is 0 Å². The summed E-state index contributed by atoms with van der Waals surface area (Å²) < 4.78 is 10.7. The van der Waals surface area contributed by atoms with Gasteiger partial charge in [-0.05, 0) is 24.0 Å². The molecule has 0 fully saturated rings. The van der Waals surface area contributed by atoms with Crippen LogP contribution >= 0.6 is 0 Å². The van der Waals surface area contributed by atoms with E-state index in [9.17, 15) is 9.59 Å². The van der Waals surface area contributed by atoms with Crippen LogP contribution in [-0.4, -0.2) is 25.0 Å². The average Bonchev–Trinajstić information content (AvgIpc) is 2.66. The van der Waals surface area contributed by atoms with E-state index >= 15 is 0 Å². The third-order valence-electron chi connectivity index (χ3n) is 4.09. The molecule has 2 aromatic rings. The highest BCUT2D eigenvalue weighted by atomic mass is 16.5. The fourth-order valence-electron chi connectivity index (χ4n) is 2.78. The van der Waals surface area contributed by atoms with E-state index in [2.05, 4.69) is 5.32 Å². The summed E-state index contributed by atoms with van der Waals surface area (Å²) in [5.41, 5.74) is 1.69. The van der Waals surface area contributed by atoms with Gasteiger partial charge in [0, 0.05) is 5.56 Å². The van der Waals surface area contributed by atoms with Gasteiger partial charge in [0.25, 0.3) is 0 Å². The van der Waals surface area contributed by atoms with Gasteiger partial charge < -0.3 is 14.8 Å². The third-order valence-corrected chi connectivity index (χ3v) is 4.09. The highest BCUT2D eigenvalue weighted by molar-refractivity contribution is 5.86. The minimum absolute atomic E-state index is 0.143. The first kappa shape index (κ1) is 20.5. The Balaban J connectivity index is 1.98. The number of carbonyl (C=O) groups is 2. The van der Waals surface area contributed by atoms with Crippen molar-refractivity contribution in [3.05, 3.63) is 65.7 Å². The van der Waals surface area contributed by atoms with Crippen LogP contribution in [0.5, 0.6) is 5.75 Å². The molecule has 27 heavy (non-hydrogen) atoms. The van der Waals surface area contributed by atoms with Crippen molar-refractivity contribution in [2.24, 2.45) is 5.92 Å². The Morgan fingerprint density at radius 3 is 2.33 bits per heavy atom. The number of hydrogen-bond acceptors (Lipinski definition) is 4. The predicted octanol–water partition coefficient (Wildman–Crippen LogP) is 3.51. The molecule has 0 spiro atoms. The van der Waals surface area contributed by atoms with Gasteiger partial charge in [-0.3, -0.25) is 4.79 Å². The Hall–Kier alpha value is -2.82. The molecule has 0 aliphatic rings. The molecule has 2 aromatic carbocycles. The molecule has 2 rings (SSSR count). The van der Waals surface area contributed by atoms with Crippen molar-refractivity contribution in [3.63, 3.8) is 0 Å². The van der Waals surface area contributed by atoms with Gasteiger partial charge in [0.2, 0.25) is 5.91 Å². The van der Waals surface area contributed by atoms with Crippen molar-refractivity contribution in [2.75, 3.05) is 7.11 Å². The molecule has 1 amide bonds. The van der Waals surface area contributed by atoms with Crippen molar-refractivity contribution >= 4 is 11.9 Å². The van der Waals surface area contributed by atoms with Gasteiger partial charge in [-0.2, -0.15) is 0 Å². The van der Waals surface area contributed by atoms with Crippen molar-refractivity contribution in [3.8, 4) is 5.75 Å². The molecule has 0 saturated heterocycles. The number of carbonyl (C=O) groups excluding carboxylic acids is 2. The first-order valence-electron chi connectivity index (χ1n) is 9.11. The summed E-state index contributed by atoms with van der Waals surface area (Å²) in [5, 5.41) is 2.82. The van der Waals surface area contributed by atoms with E-state index in [-0.39, 0.29) is 24.9 Å². The molecule has 0 radical (unpaired) electrons. The van der Waals surface area contributed by atoms with Crippen molar-refractivity contribution in [2.45, 2.75) is 39.3 Å². The summed E-state index contributed by atoms with van der Waals surface area (Å²) >= 11 is 0. The minimum Gasteiger partial charge on any atom is -0.496 e. The molecule has 0 aromatic heterocycles. The van der Waals surface area contributed by atoms with Crippen LogP contribution in [-0.2, 0) is 27.4 Å². The van der Waals surface area contributed by atoms with Gasteiger partial charge in [-0.25, -0.2) is 4.79 Å². The van der Waals surface area contributed by atoms with Crippen molar-refractivity contribution < 1.29 is 19.1 Å². The normalized spacial score (nSPS) is 11.7. The zero-order chi connectivity index (χ0) is 19.6. The number of para-hydroxylation sites is 1. The van der Waals surface area contributed by atoms with E-state index in [1.54, 1.807) is 7.11 Å². The van der Waals surface area contributed by atoms with Gasteiger partial charge in [-0.15, -0.1) is 0 Å². The molecule has 5 nitrogen and oxygen atoms in total. The molecule has 1 N–H and O–H groups in total. The molecular formula is C22H27NO4. The first-order chi connectivity index (χ1) is 13.0. The van der Waals surface area contributed by atoms with E-state index in [1.807, 2.05) is 68.4 Å². The van der Waals surface area contributed by atoms with Crippen LogP contribution in [0.1, 0.15) is 31.4 Å². The summed E-state index contributed by atoms with van der Waals surface area (Å²) in [6.07, 6.45) is 0.663. The number of ether oxygens (including phenoxy) is 2. The number of rotatable bonds is 9. The number of amides is 1. The lowest BCUT2D eigenvalue weighted by molar-refractivity contribution is -0.149. The summed E-state index contributed by atoms with van der Waals surface area (Å²) in [5.74, 6) is 0.244. The second kappa shape index (κ2) is 10.4. The Morgan fingerprint density at radius 2 is 1.67 bits per heavy atom. The molecule has 5 heteroatoms. The van der Waals surface area contributed by atoms with Crippen LogP contribution in [0.4, 0.5) is 0 Å². The predicted molar refractivity (Wildman–Crippen MR) is 104 cm³/mol. The van der Waals surface area contributed by atoms with Crippen LogP contribution in [0, 0.1) is 5.92 Å². The summed E-state index contributed by atoms with van der Waals surface area (Å²) in [7, 11) is 1.57. The van der Waals surface area contributed by atoms with E-state index in [4.69, 9.17) is 9.47 Å². The highest BCUT2D eigenvalue weighted by Gasteiger charge is 2.24. The molecular weight excluding hydrogens is 342 g/mol. The Labute approximate surface area is 160 Å². The zero-order valence-corrected chi connectivity index (χ0v) is 16.1. The molecule has 0 bridgehead atoms. The van der Waals surface area contributed by atoms with Gasteiger partial charge in [-0.1, -0.05) is 62.4 Å². The molecule has 0 heterocycles. The lowest BCUT2D eigenvalue weighted by Gasteiger charge is -2.20. The fraction of sp³-hybridized carbons (Fsp3) is 0.364. The lowest BCUT2D eigenvalue weighted by Crippen LogP contribution is -2.43. The summed E-state index contributed by atoms with van der Waals surface area (Å²) in [4.78, 5) is 25.0. The SMILES string of the molecule is COc1ccccc1CC(=O)N[C@@H](CC(C)C)C(=O)OCc1ccccc1. The Morgan fingerprint density at radius 1 is 1.00 bits per heavy atom. The van der Waals surface area contributed by atoms with Crippen molar-refractivity contribution in [1.82, 2.24) is 5.32 Å². The van der Waals surface area contributed by atoms with Gasteiger partial charge in [0.1, 0.15) is 18.4 Å². The zero-order valence-electron chi connectivity index (χ0n) is 16.1. The number of benzene rings is 2. The third kappa shape index (κ3) is 6.77. The Bertz CT molecular complexity index is 743. The van der Waals surface area contributed by atoms with Crippen LogP contribution in [0.2, 0.25) is 0 Å². The monoisotopic (exact) mass is 369 g/mol. The van der Waals surface area contributed by atoms with E-state index in [0.29, 0.717) is 12.2 Å². The first-order valence-corrected chi connectivity index (χ1v) is 9.11. The second-order valence-electron chi connectivity index (χ2n) is 6.83. The maximum atomic E-state index is 12.5. The van der Waals surface area contributed by atoms with E-state index in [0.717, 1.165) is 11.1 Å². The maximum absolute atomic E-state index is 12.5. The summed E-state index contributed by atoms with van der Waals surface area (Å²) in [6, 6.07) is 16.2. The van der Waals surface area contributed by atoms with Gasteiger partial charge in [0.15, 0.2) is 0 Å². The lowest BCUT2D eigenvalue weighted by atomic mass is 10.0. The molecule has 0 unspecified atom stereocenters. The topological polar surface area (TPSA) is 64.6 Å². The van der Waals surface area contributed by atoms with Crippen molar-refractivity contribution in [1.29, 1.82) is 0 Å². The molecule has 0 aliphatic carbocycles.